The van der Waals surface area contributed by atoms with E-state index in [1.807, 2.05) is 14.1 Å². The van der Waals surface area contributed by atoms with Gasteiger partial charge in [-0.3, -0.25) is 14.7 Å². The molecule has 0 radical (unpaired) electrons. The highest BCUT2D eigenvalue weighted by Gasteiger charge is 2.31. The van der Waals surface area contributed by atoms with Gasteiger partial charge >= 0.3 is 0 Å². The Bertz CT molecular complexity index is 672. The van der Waals surface area contributed by atoms with Gasteiger partial charge in [0.05, 0.1) is 6.04 Å². The largest absolute Gasteiger partial charge is 0.356 e. The van der Waals surface area contributed by atoms with Crippen molar-refractivity contribution in [1.29, 1.82) is 0 Å². The van der Waals surface area contributed by atoms with Gasteiger partial charge < -0.3 is 15.1 Å². The summed E-state index contributed by atoms with van der Waals surface area (Å²) in [6, 6.07) is 8.64. The van der Waals surface area contributed by atoms with Crippen molar-refractivity contribution in [3.05, 3.63) is 29.8 Å². The molecular weight excluding hydrogens is 338 g/mol. The number of nitrogens with zero attached hydrogens (tertiary/aromatic N) is 4. The molecule has 1 fully saturated rings. The molecule has 1 unspecified atom stereocenters. The third kappa shape index (κ3) is 4.61. The van der Waals surface area contributed by atoms with Crippen LogP contribution in [0.5, 0.6) is 0 Å². The molecule has 0 saturated carbocycles. The number of carbonyl (C=O) groups excluding carboxylic acids is 1. The van der Waals surface area contributed by atoms with Crippen molar-refractivity contribution in [1.82, 2.24) is 15.1 Å². The van der Waals surface area contributed by atoms with E-state index >= 15 is 0 Å². The number of nitrogens with one attached hydrogen (secondary N) is 1. The number of amides is 1. The van der Waals surface area contributed by atoms with Gasteiger partial charge in [-0.15, -0.1) is 0 Å². The predicted molar refractivity (Wildman–Crippen MR) is 111 cm³/mol. The second kappa shape index (κ2) is 9.22. The topological polar surface area (TPSA) is 51.2 Å². The minimum absolute atomic E-state index is 0.0580. The van der Waals surface area contributed by atoms with Gasteiger partial charge in [-0.1, -0.05) is 18.2 Å². The molecule has 0 aromatic heterocycles. The van der Waals surface area contributed by atoms with Crippen LogP contribution < -0.4 is 10.2 Å². The number of rotatable bonds is 6. The molecule has 0 aliphatic carbocycles. The molecule has 6 heteroatoms. The summed E-state index contributed by atoms with van der Waals surface area (Å²) in [5.74, 6) is 1.21. The third-order valence-corrected chi connectivity index (χ3v) is 5.43. The Morgan fingerprint density at radius 1 is 1.30 bits per heavy atom. The van der Waals surface area contributed by atoms with E-state index in [0.29, 0.717) is 0 Å². The first-order chi connectivity index (χ1) is 13.1. The number of anilines is 1. The molecule has 1 saturated heterocycles. The molecule has 27 heavy (non-hydrogen) atoms. The van der Waals surface area contributed by atoms with Crippen molar-refractivity contribution in [3.8, 4) is 0 Å². The smallest absolute Gasteiger partial charge is 0.239 e. The molecule has 1 aromatic carbocycles. The zero-order valence-electron chi connectivity index (χ0n) is 16.9. The lowest BCUT2D eigenvalue weighted by Gasteiger charge is -2.26. The molecule has 148 valence electrons. The van der Waals surface area contributed by atoms with Crippen molar-refractivity contribution >= 4 is 17.6 Å². The Morgan fingerprint density at radius 3 is 2.89 bits per heavy atom. The van der Waals surface area contributed by atoms with Crippen molar-refractivity contribution in [2.24, 2.45) is 4.99 Å². The third-order valence-electron chi connectivity index (χ3n) is 5.43. The first-order valence-electron chi connectivity index (χ1n) is 10.2. The first kappa shape index (κ1) is 19.7. The van der Waals surface area contributed by atoms with Crippen LogP contribution in [0.15, 0.2) is 29.3 Å². The zero-order valence-corrected chi connectivity index (χ0v) is 16.9. The van der Waals surface area contributed by atoms with E-state index in [4.69, 9.17) is 4.99 Å². The van der Waals surface area contributed by atoms with Gasteiger partial charge in [0.2, 0.25) is 5.91 Å². The van der Waals surface area contributed by atoms with Gasteiger partial charge in [0, 0.05) is 46.0 Å². The zero-order chi connectivity index (χ0) is 19.2. The molecule has 0 bridgehead atoms. The average molecular weight is 372 g/mol. The van der Waals surface area contributed by atoms with Crippen molar-refractivity contribution < 1.29 is 4.79 Å². The highest BCUT2D eigenvalue weighted by molar-refractivity contribution is 5.97. The standard InChI is InChI=1S/C21H33N5O/c1-4-22-21(26-16-12-17-9-5-6-10-18(17)26)23-13-8-15-25-14-7-11-19(25)20(27)24(2)3/h5-6,9-10,19H,4,7-8,11-16H2,1-3H3,(H,22,23). The molecule has 0 spiro atoms. The monoisotopic (exact) mass is 371 g/mol. The van der Waals surface area contributed by atoms with E-state index in [0.717, 1.165) is 64.4 Å². The van der Waals surface area contributed by atoms with Crippen LogP contribution in [0.3, 0.4) is 0 Å². The van der Waals surface area contributed by atoms with Crippen LogP contribution in [0.1, 0.15) is 31.7 Å². The van der Waals surface area contributed by atoms with Crippen LogP contribution in [0, 0.1) is 0 Å². The van der Waals surface area contributed by atoms with Gasteiger partial charge in [-0.25, -0.2) is 0 Å². The van der Waals surface area contributed by atoms with E-state index in [9.17, 15) is 4.79 Å². The second-order valence-corrected chi connectivity index (χ2v) is 7.55. The lowest BCUT2D eigenvalue weighted by atomic mass is 10.2. The molecule has 3 rings (SSSR count). The summed E-state index contributed by atoms with van der Waals surface area (Å²) in [5.41, 5.74) is 2.67. The molecule has 6 nitrogen and oxygen atoms in total. The maximum Gasteiger partial charge on any atom is 0.239 e. The number of guanidine groups is 1. The van der Waals surface area contributed by atoms with E-state index in [-0.39, 0.29) is 11.9 Å². The summed E-state index contributed by atoms with van der Waals surface area (Å²) < 4.78 is 0. The van der Waals surface area contributed by atoms with E-state index in [1.165, 1.54) is 11.3 Å². The molecule has 2 aliphatic heterocycles. The first-order valence-corrected chi connectivity index (χ1v) is 10.2. The van der Waals surface area contributed by atoms with Crippen LogP contribution in [-0.4, -0.2) is 74.5 Å². The minimum Gasteiger partial charge on any atom is -0.356 e. The van der Waals surface area contributed by atoms with Crippen molar-refractivity contribution in [3.63, 3.8) is 0 Å². The number of para-hydroxylation sites is 1. The van der Waals surface area contributed by atoms with E-state index in [2.05, 4.69) is 46.3 Å². The fourth-order valence-electron chi connectivity index (χ4n) is 4.08. The highest BCUT2D eigenvalue weighted by Crippen LogP contribution is 2.27. The van der Waals surface area contributed by atoms with Crippen LogP contribution in [0.2, 0.25) is 0 Å². The SMILES string of the molecule is CCNC(=NCCCN1CCCC1C(=O)N(C)C)N1CCc2ccccc21. The number of benzene rings is 1. The fourth-order valence-corrected chi connectivity index (χ4v) is 4.08. The molecule has 2 heterocycles. The lowest BCUT2D eigenvalue weighted by molar-refractivity contribution is -0.133. The number of likely N-dealkylation sites (tertiary alicyclic amines) is 1. The Morgan fingerprint density at radius 2 is 2.11 bits per heavy atom. The summed E-state index contributed by atoms with van der Waals surface area (Å²) >= 11 is 0. The normalized spacial score (nSPS) is 20.0. The number of aliphatic imine (C=N–C) groups is 1. The van der Waals surface area contributed by atoms with Gasteiger partial charge in [0.1, 0.15) is 0 Å². The molecular formula is C21H33N5O. The van der Waals surface area contributed by atoms with Gasteiger partial charge in [-0.05, 0) is 50.8 Å². The number of carbonyl (C=O) groups is 1. The Labute approximate surface area is 163 Å². The maximum absolute atomic E-state index is 12.3. The number of likely N-dealkylation sites (N-methyl/N-ethyl adjacent to an activating group) is 1. The molecule has 1 aromatic rings. The molecule has 1 N–H and O–H groups in total. The van der Waals surface area contributed by atoms with Crippen LogP contribution in [0.4, 0.5) is 5.69 Å². The summed E-state index contributed by atoms with van der Waals surface area (Å²) in [5, 5.41) is 3.44. The summed E-state index contributed by atoms with van der Waals surface area (Å²) in [6.07, 6.45) is 4.14. The average Bonchev–Trinajstić information content (AvgIpc) is 3.30. The summed E-state index contributed by atoms with van der Waals surface area (Å²) in [6.45, 7) is 6.69. The van der Waals surface area contributed by atoms with Gasteiger partial charge in [0.25, 0.3) is 0 Å². The maximum atomic E-state index is 12.3. The Kier molecular flexibility index (Phi) is 6.72. The lowest BCUT2D eigenvalue weighted by Crippen LogP contribution is -2.43. The summed E-state index contributed by atoms with van der Waals surface area (Å²) in [4.78, 5) is 23.5. The molecule has 2 aliphatic rings. The number of hydrogen-bond acceptors (Lipinski definition) is 3. The summed E-state index contributed by atoms with van der Waals surface area (Å²) in [7, 11) is 3.69. The molecule has 1 atom stereocenters. The fraction of sp³-hybridized carbons (Fsp3) is 0.619. The van der Waals surface area contributed by atoms with Gasteiger partial charge in [0.15, 0.2) is 5.96 Å². The Balaban J connectivity index is 1.56. The predicted octanol–water partition coefficient (Wildman–Crippen LogP) is 1.96. The molecule has 1 amide bonds. The van der Waals surface area contributed by atoms with Crippen LogP contribution in [-0.2, 0) is 11.2 Å². The van der Waals surface area contributed by atoms with E-state index < -0.39 is 0 Å². The van der Waals surface area contributed by atoms with E-state index in [1.54, 1.807) is 4.90 Å². The van der Waals surface area contributed by atoms with Gasteiger partial charge in [-0.2, -0.15) is 0 Å². The van der Waals surface area contributed by atoms with Crippen LogP contribution >= 0.6 is 0 Å². The van der Waals surface area contributed by atoms with Crippen LogP contribution in [0.25, 0.3) is 0 Å². The second-order valence-electron chi connectivity index (χ2n) is 7.55. The van der Waals surface area contributed by atoms with Crippen molar-refractivity contribution in [2.75, 3.05) is 51.7 Å². The minimum atomic E-state index is 0.0580. The number of fused-ring (bicyclic) bond motifs is 1. The Hall–Kier alpha value is -2.08. The quantitative estimate of drug-likeness (QED) is 0.472. The van der Waals surface area contributed by atoms with Crippen molar-refractivity contribution in [2.45, 2.75) is 38.6 Å². The highest BCUT2D eigenvalue weighted by atomic mass is 16.2. The number of hydrogen-bond donors (Lipinski definition) is 1.